The molecule has 0 fully saturated rings. The second-order valence-electron chi connectivity index (χ2n) is 11.6. The van der Waals surface area contributed by atoms with E-state index in [1.807, 2.05) is 19.9 Å². The first kappa shape index (κ1) is 37.9. The quantitative estimate of drug-likeness (QED) is 0.0860. The van der Waals surface area contributed by atoms with Gasteiger partial charge in [-0.05, 0) is 65.9 Å². The maximum absolute atomic E-state index is 14.9. The van der Waals surface area contributed by atoms with Crippen molar-refractivity contribution in [3.63, 3.8) is 0 Å². The van der Waals surface area contributed by atoms with Crippen LogP contribution in [0.15, 0.2) is 84.9 Å². The van der Waals surface area contributed by atoms with Gasteiger partial charge < -0.3 is 9.47 Å². The minimum absolute atomic E-state index is 0.00118. The number of hydrogen-bond donors (Lipinski definition) is 0. The summed E-state index contributed by atoms with van der Waals surface area (Å²) in [6.07, 6.45) is -11.3. The van der Waals surface area contributed by atoms with E-state index in [0.29, 0.717) is 16.4 Å². The molecule has 12 heteroatoms. The van der Waals surface area contributed by atoms with Gasteiger partial charge >= 0.3 is 12.4 Å². The molecule has 4 aromatic rings. The summed E-state index contributed by atoms with van der Waals surface area (Å²) in [5.41, 5.74) is -5.35. The van der Waals surface area contributed by atoms with Crippen LogP contribution in [0.5, 0.6) is 17.2 Å². The molecule has 0 aromatic heterocycles. The first-order valence-electron chi connectivity index (χ1n) is 15.1. The fourth-order valence-corrected chi connectivity index (χ4v) is 6.89. The molecule has 0 saturated carbocycles. The molecule has 49 heavy (non-hydrogen) atoms. The van der Waals surface area contributed by atoms with Crippen LogP contribution in [-0.4, -0.2) is 16.8 Å². The second-order valence-corrected chi connectivity index (χ2v) is 12.7. The van der Waals surface area contributed by atoms with Gasteiger partial charge in [0.25, 0.3) is 0 Å². The predicted octanol–water partition coefficient (Wildman–Crippen LogP) is 11.9. The van der Waals surface area contributed by atoms with Crippen LogP contribution in [0.1, 0.15) is 73.1 Å². The summed E-state index contributed by atoms with van der Waals surface area (Å²) in [4.78, 5) is 0. The summed E-state index contributed by atoms with van der Waals surface area (Å²) in [5, 5.41) is 19.7. The Morgan fingerprint density at radius 2 is 1.29 bits per heavy atom. The molecule has 0 aliphatic carbocycles. The number of nitrogens with zero attached hydrogens (tertiary/aromatic N) is 2. The van der Waals surface area contributed by atoms with Gasteiger partial charge in [-0.25, -0.2) is 0 Å². The molecule has 0 aliphatic heterocycles. The number of ether oxygens (including phenoxy) is 2. The zero-order chi connectivity index (χ0) is 36.2. The molecule has 2 atom stereocenters. The van der Waals surface area contributed by atoms with E-state index in [1.165, 1.54) is 12.1 Å². The molecule has 0 saturated heterocycles. The van der Waals surface area contributed by atoms with Crippen molar-refractivity contribution in [1.82, 2.24) is 0 Å². The Bertz CT molecular complexity index is 1850. The molecule has 4 rings (SSSR count). The van der Waals surface area contributed by atoms with Gasteiger partial charge in [0.15, 0.2) is 0 Å². The molecule has 0 bridgehead atoms. The molecular weight excluding hydrogens is 781 g/mol. The average Bonchev–Trinajstić information content (AvgIpc) is 3.07. The summed E-state index contributed by atoms with van der Waals surface area (Å²) < 4.78 is 102. The van der Waals surface area contributed by atoms with E-state index in [9.17, 15) is 36.9 Å². The largest absolute Gasteiger partial charge is 0.486 e. The van der Waals surface area contributed by atoms with E-state index in [1.54, 1.807) is 31.2 Å². The lowest BCUT2D eigenvalue weighted by atomic mass is 9.73. The number of halogens is 8. The van der Waals surface area contributed by atoms with Crippen LogP contribution in [0.25, 0.3) is 0 Å². The Kier molecular flexibility index (Phi) is 11.5. The number of benzene rings is 4. The maximum atomic E-state index is 14.9. The molecule has 0 N–H and O–H groups in total. The highest BCUT2D eigenvalue weighted by atomic mass is 127. The molecule has 0 heterocycles. The predicted molar refractivity (Wildman–Crippen MR) is 183 cm³/mol. The van der Waals surface area contributed by atoms with Crippen LogP contribution in [0.3, 0.4) is 0 Å². The molecule has 0 amide bonds. The van der Waals surface area contributed by atoms with E-state index in [2.05, 4.69) is 28.7 Å². The van der Waals surface area contributed by atoms with Gasteiger partial charge in [-0.3, -0.25) is 0 Å². The highest BCUT2D eigenvalue weighted by Gasteiger charge is 2.72. The molecule has 0 spiro atoms. The summed E-state index contributed by atoms with van der Waals surface area (Å²) >= 11 is 8.36. The standard InChI is InChI=1S/C37H30ClF6IN2O2/c1-4-32(27-8-6-10-31(38)28(27)20-46)48-25-16-12-23(13-17-25)35(36(39,40)41,37(42,43)44)24-14-18-26(19-15-24)49-33-11-7-9-30(29(33)21-47)34(3,5-2)22-45/h6-19,32H,4-5,22H2,1-3H3. The first-order chi connectivity index (χ1) is 23.1. The van der Waals surface area contributed by atoms with Crippen molar-refractivity contribution in [2.45, 2.75) is 62.9 Å². The normalized spacial score (nSPS) is 13.9. The number of hydrogen-bond acceptors (Lipinski definition) is 4. The van der Waals surface area contributed by atoms with Gasteiger partial charge in [-0.15, -0.1) is 0 Å². The maximum Gasteiger partial charge on any atom is 0.411 e. The Labute approximate surface area is 299 Å². The highest BCUT2D eigenvalue weighted by molar-refractivity contribution is 14.1. The lowest BCUT2D eigenvalue weighted by Crippen LogP contribution is -2.54. The smallest absolute Gasteiger partial charge is 0.411 e. The van der Waals surface area contributed by atoms with Crippen molar-refractivity contribution in [3.8, 4) is 29.4 Å². The zero-order valence-electron chi connectivity index (χ0n) is 26.5. The molecule has 2 unspecified atom stereocenters. The third-order valence-electron chi connectivity index (χ3n) is 8.67. The van der Waals surface area contributed by atoms with Crippen LogP contribution < -0.4 is 9.47 Å². The lowest BCUT2D eigenvalue weighted by molar-refractivity contribution is -0.288. The fraction of sp³-hybridized carbons (Fsp3) is 0.297. The molecule has 0 aliphatic rings. The van der Waals surface area contributed by atoms with Crippen molar-refractivity contribution >= 4 is 34.2 Å². The number of nitriles is 2. The first-order valence-corrected chi connectivity index (χ1v) is 17.0. The van der Waals surface area contributed by atoms with Crippen molar-refractivity contribution in [3.05, 3.63) is 123 Å². The van der Waals surface area contributed by atoms with Gasteiger partial charge in [0, 0.05) is 15.4 Å². The van der Waals surface area contributed by atoms with Crippen molar-refractivity contribution in [2.24, 2.45) is 0 Å². The van der Waals surface area contributed by atoms with Crippen molar-refractivity contribution in [1.29, 1.82) is 10.5 Å². The van der Waals surface area contributed by atoms with Crippen LogP contribution in [0.2, 0.25) is 5.02 Å². The average molecular weight is 811 g/mol. The molecule has 256 valence electrons. The van der Waals surface area contributed by atoms with E-state index in [4.69, 9.17) is 21.1 Å². The number of rotatable bonds is 11. The topological polar surface area (TPSA) is 66.0 Å². The minimum Gasteiger partial charge on any atom is -0.486 e. The van der Waals surface area contributed by atoms with Crippen LogP contribution in [-0.2, 0) is 10.8 Å². The van der Waals surface area contributed by atoms with Crippen LogP contribution in [0.4, 0.5) is 26.3 Å². The fourth-order valence-electron chi connectivity index (χ4n) is 5.71. The second kappa shape index (κ2) is 14.9. The Balaban J connectivity index is 1.73. The monoisotopic (exact) mass is 810 g/mol. The van der Waals surface area contributed by atoms with Gasteiger partial charge in [0.05, 0.1) is 16.1 Å². The summed E-state index contributed by atoms with van der Waals surface area (Å²) in [6.45, 7) is 5.72. The lowest BCUT2D eigenvalue weighted by Gasteiger charge is -2.38. The summed E-state index contributed by atoms with van der Waals surface area (Å²) in [5.74, 6) is 0.0879. The van der Waals surface area contributed by atoms with E-state index < -0.39 is 35.0 Å². The van der Waals surface area contributed by atoms with Crippen LogP contribution >= 0.6 is 34.2 Å². The molecule has 0 radical (unpaired) electrons. The van der Waals surface area contributed by atoms with Gasteiger partial charge in [-0.2, -0.15) is 36.9 Å². The molecule has 4 aromatic carbocycles. The highest BCUT2D eigenvalue weighted by Crippen LogP contribution is 2.56. The van der Waals surface area contributed by atoms with Gasteiger partial charge in [0.2, 0.25) is 5.41 Å². The van der Waals surface area contributed by atoms with E-state index in [0.717, 1.165) is 60.5 Å². The summed E-state index contributed by atoms with van der Waals surface area (Å²) in [6, 6.07) is 20.9. The van der Waals surface area contributed by atoms with E-state index in [-0.39, 0.29) is 38.8 Å². The summed E-state index contributed by atoms with van der Waals surface area (Å²) in [7, 11) is 0. The number of alkyl halides is 7. The molecule has 4 nitrogen and oxygen atoms in total. The Morgan fingerprint density at radius 1 is 0.755 bits per heavy atom. The van der Waals surface area contributed by atoms with Gasteiger partial charge in [0.1, 0.15) is 35.5 Å². The van der Waals surface area contributed by atoms with Crippen molar-refractivity contribution in [2.75, 3.05) is 4.43 Å². The van der Waals surface area contributed by atoms with E-state index >= 15 is 0 Å². The van der Waals surface area contributed by atoms with Crippen molar-refractivity contribution < 1.29 is 35.8 Å². The molecular formula is C37H30ClF6IN2O2. The third-order valence-corrected chi connectivity index (χ3v) is 10.7. The Hall–Kier alpha value is -3.94. The minimum atomic E-state index is -5.81. The van der Waals surface area contributed by atoms with Gasteiger partial charge in [-0.1, -0.05) is 103 Å². The zero-order valence-corrected chi connectivity index (χ0v) is 29.4. The van der Waals surface area contributed by atoms with Crippen LogP contribution in [0, 0.1) is 22.7 Å². The Morgan fingerprint density at radius 3 is 1.76 bits per heavy atom. The third kappa shape index (κ3) is 7.20. The SMILES string of the molecule is CCC(Oc1ccc(C(c2ccc(Oc3cccc(C(C)(CC)CI)c3C#N)cc2)(C(F)(F)F)C(F)(F)F)cc1)c1cccc(Cl)c1C#N.